The summed E-state index contributed by atoms with van der Waals surface area (Å²) in [6.07, 6.45) is 0.854. The molecular formula is C19H23NO2. The summed E-state index contributed by atoms with van der Waals surface area (Å²) in [7, 11) is 0. The molecule has 1 unspecified atom stereocenters. The van der Waals surface area contributed by atoms with Crippen molar-refractivity contribution in [1.29, 1.82) is 0 Å². The van der Waals surface area contributed by atoms with E-state index < -0.39 is 5.97 Å². The van der Waals surface area contributed by atoms with Crippen LogP contribution in [0.3, 0.4) is 0 Å². The zero-order chi connectivity index (χ0) is 15.9. The Balaban J connectivity index is 2.05. The van der Waals surface area contributed by atoms with E-state index in [4.69, 9.17) is 5.11 Å². The third-order valence-electron chi connectivity index (χ3n) is 3.83. The Bertz CT molecular complexity index is 623. The average Bonchev–Trinajstić information content (AvgIpc) is 2.49. The summed E-state index contributed by atoms with van der Waals surface area (Å²) in [5.41, 5.74) is 4.80. The van der Waals surface area contributed by atoms with Crippen molar-refractivity contribution in [3.8, 4) is 0 Å². The Morgan fingerprint density at radius 1 is 1.14 bits per heavy atom. The molecule has 0 saturated heterocycles. The molecule has 3 nitrogen and oxygen atoms in total. The van der Waals surface area contributed by atoms with Crippen molar-refractivity contribution in [2.75, 3.05) is 0 Å². The smallest absolute Gasteiger partial charge is 0.304 e. The highest BCUT2D eigenvalue weighted by molar-refractivity contribution is 5.67. The van der Waals surface area contributed by atoms with E-state index >= 15 is 0 Å². The fourth-order valence-electron chi connectivity index (χ4n) is 2.57. The lowest BCUT2D eigenvalue weighted by Crippen LogP contribution is -2.33. The second-order valence-electron chi connectivity index (χ2n) is 5.80. The van der Waals surface area contributed by atoms with Crippen molar-refractivity contribution in [1.82, 2.24) is 5.32 Å². The second-order valence-corrected chi connectivity index (χ2v) is 5.80. The van der Waals surface area contributed by atoms with Crippen molar-refractivity contribution in [2.45, 2.75) is 39.3 Å². The molecule has 0 radical (unpaired) electrons. The normalized spacial score (nSPS) is 12.1. The van der Waals surface area contributed by atoms with Gasteiger partial charge in [-0.15, -0.1) is 0 Å². The molecule has 0 amide bonds. The Morgan fingerprint density at radius 3 is 2.55 bits per heavy atom. The van der Waals surface area contributed by atoms with Gasteiger partial charge in [-0.2, -0.15) is 0 Å². The number of carbonyl (C=O) groups is 1. The molecule has 22 heavy (non-hydrogen) atoms. The maximum Gasteiger partial charge on any atom is 0.304 e. The van der Waals surface area contributed by atoms with Crippen LogP contribution in [0.15, 0.2) is 48.5 Å². The lowest BCUT2D eigenvalue weighted by molar-refractivity contribution is -0.137. The molecule has 0 aliphatic rings. The molecule has 0 spiro atoms. The molecule has 3 heteroatoms. The summed E-state index contributed by atoms with van der Waals surface area (Å²) in [6, 6.07) is 16.3. The molecule has 2 aromatic rings. The van der Waals surface area contributed by atoms with Gasteiger partial charge in [-0.3, -0.25) is 4.79 Å². The standard InChI is InChI=1S/C19H23NO2/c1-14-8-9-15(2)17(10-14)11-18(12-19(21)22)20-13-16-6-4-3-5-7-16/h3-10,18,20H,11-13H2,1-2H3,(H,21,22). The van der Waals surface area contributed by atoms with Gasteiger partial charge >= 0.3 is 5.97 Å². The van der Waals surface area contributed by atoms with E-state index in [1.54, 1.807) is 0 Å². The predicted octanol–water partition coefficient (Wildman–Crippen LogP) is 3.48. The maximum atomic E-state index is 11.1. The van der Waals surface area contributed by atoms with Gasteiger partial charge in [0.05, 0.1) is 6.42 Å². The van der Waals surface area contributed by atoms with Crippen LogP contribution in [0.5, 0.6) is 0 Å². The highest BCUT2D eigenvalue weighted by Crippen LogP contribution is 2.14. The predicted molar refractivity (Wildman–Crippen MR) is 88.9 cm³/mol. The lowest BCUT2D eigenvalue weighted by atomic mass is 9.97. The fraction of sp³-hybridized carbons (Fsp3) is 0.316. The Kier molecular flexibility index (Phi) is 5.73. The Labute approximate surface area is 132 Å². The third kappa shape index (κ3) is 5.01. The van der Waals surface area contributed by atoms with Crippen LogP contribution in [0.25, 0.3) is 0 Å². The van der Waals surface area contributed by atoms with Gasteiger partial charge in [0.2, 0.25) is 0 Å². The summed E-state index contributed by atoms with van der Waals surface area (Å²) in [5.74, 6) is -0.768. The van der Waals surface area contributed by atoms with Crippen LogP contribution in [0.4, 0.5) is 0 Å². The molecule has 0 aromatic heterocycles. The molecule has 2 aromatic carbocycles. The van der Waals surface area contributed by atoms with Crippen LogP contribution < -0.4 is 5.32 Å². The quantitative estimate of drug-likeness (QED) is 0.822. The molecule has 0 aliphatic carbocycles. The first kappa shape index (κ1) is 16.2. The van der Waals surface area contributed by atoms with Crippen molar-refractivity contribution in [3.05, 3.63) is 70.8 Å². The monoisotopic (exact) mass is 297 g/mol. The van der Waals surface area contributed by atoms with Crippen LogP contribution in [0.1, 0.15) is 28.7 Å². The zero-order valence-corrected chi connectivity index (χ0v) is 13.2. The molecule has 1 atom stereocenters. The number of hydrogen-bond donors (Lipinski definition) is 2. The summed E-state index contributed by atoms with van der Waals surface area (Å²) >= 11 is 0. The summed E-state index contributed by atoms with van der Waals surface area (Å²) in [4.78, 5) is 11.1. The van der Waals surface area contributed by atoms with Crippen molar-refractivity contribution in [3.63, 3.8) is 0 Å². The fourth-order valence-corrected chi connectivity index (χ4v) is 2.57. The molecule has 2 rings (SSSR count). The Hall–Kier alpha value is -2.13. The van der Waals surface area contributed by atoms with Crippen LogP contribution in [-0.4, -0.2) is 17.1 Å². The van der Waals surface area contributed by atoms with Crippen LogP contribution in [-0.2, 0) is 17.8 Å². The van der Waals surface area contributed by atoms with E-state index in [9.17, 15) is 4.79 Å². The van der Waals surface area contributed by atoms with E-state index in [-0.39, 0.29) is 12.5 Å². The van der Waals surface area contributed by atoms with Crippen LogP contribution in [0.2, 0.25) is 0 Å². The molecule has 0 saturated carbocycles. The van der Waals surface area contributed by atoms with Gasteiger partial charge in [0.25, 0.3) is 0 Å². The largest absolute Gasteiger partial charge is 0.481 e. The van der Waals surface area contributed by atoms with E-state index in [1.165, 1.54) is 22.3 Å². The van der Waals surface area contributed by atoms with E-state index in [0.29, 0.717) is 6.54 Å². The number of hydrogen-bond acceptors (Lipinski definition) is 2. The minimum absolute atomic E-state index is 0.0711. The van der Waals surface area contributed by atoms with Gasteiger partial charge in [-0.25, -0.2) is 0 Å². The summed E-state index contributed by atoms with van der Waals surface area (Å²) in [6.45, 7) is 4.82. The van der Waals surface area contributed by atoms with Crippen molar-refractivity contribution < 1.29 is 9.90 Å². The molecule has 0 fully saturated rings. The lowest BCUT2D eigenvalue weighted by Gasteiger charge is -2.19. The number of rotatable bonds is 7. The topological polar surface area (TPSA) is 49.3 Å². The van der Waals surface area contributed by atoms with Gasteiger partial charge in [0, 0.05) is 12.6 Å². The highest BCUT2D eigenvalue weighted by Gasteiger charge is 2.14. The number of carboxylic acids is 1. The summed E-state index contributed by atoms with van der Waals surface area (Å²) < 4.78 is 0. The first-order valence-electron chi connectivity index (χ1n) is 7.60. The van der Waals surface area contributed by atoms with E-state index in [1.807, 2.05) is 30.3 Å². The van der Waals surface area contributed by atoms with Crippen molar-refractivity contribution in [2.24, 2.45) is 0 Å². The Morgan fingerprint density at radius 2 is 1.86 bits per heavy atom. The molecule has 2 N–H and O–H groups in total. The van der Waals surface area contributed by atoms with Gasteiger partial charge < -0.3 is 10.4 Å². The highest BCUT2D eigenvalue weighted by atomic mass is 16.4. The van der Waals surface area contributed by atoms with E-state index in [2.05, 4.69) is 37.4 Å². The third-order valence-corrected chi connectivity index (χ3v) is 3.83. The first-order chi connectivity index (χ1) is 10.5. The molecule has 0 aliphatic heterocycles. The van der Waals surface area contributed by atoms with Crippen molar-refractivity contribution >= 4 is 5.97 Å². The van der Waals surface area contributed by atoms with E-state index in [0.717, 1.165) is 6.42 Å². The first-order valence-corrected chi connectivity index (χ1v) is 7.60. The zero-order valence-electron chi connectivity index (χ0n) is 13.2. The number of aryl methyl sites for hydroxylation is 2. The molecule has 0 heterocycles. The second kappa shape index (κ2) is 7.76. The van der Waals surface area contributed by atoms with Gasteiger partial charge in [0.1, 0.15) is 0 Å². The number of aliphatic carboxylic acids is 1. The minimum Gasteiger partial charge on any atom is -0.481 e. The van der Waals surface area contributed by atoms with Gasteiger partial charge in [-0.05, 0) is 37.0 Å². The maximum absolute atomic E-state index is 11.1. The van der Waals surface area contributed by atoms with Gasteiger partial charge in [-0.1, -0.05) is 54.1 Å². The number of carboxylic acid groups (broad SMARTS) is 1. The van der Waals surface area contributed by atoms with Crippen LogP contribution in [0, 0.1) is 13.8 Å². The van der Waals surface area contributed by atoms with Gasteiger partial charge in [0.15, 0.2) is 0 Å². The minimum atomic E-state index is -0.768. The average molecular weight is 297 g/mol. The van der Waals surface area contributed by atoms with Crippen LogP contribution >= 0.6 is 0 Å². The molecule has 0 bridgehead atoms. The molecule has 116 valence electrons. The number of nitrogens with one attached hydrogen (secondary N) is 1. The number of benzene rings is 2. The molecular weight excluding hydrogens is 274 g/mol. The summed E-state index contributed by atoms with van der Waals surface area (Å²) in [5, 5.41) is 12.5. The SMILES string of the molecule is Cc1ccc(C)c(CC(CC(=O)O)NCc2ccccc2)c1.